The van der Waals surface area contributed by atoms with Crippen molar-refractivity contribution in [3.63, 3.8) is 0 Å². The highest BCUT2D eigenvalue weighted by atomic mass is 35.5. The van der Waals surface area contributed by atoms with E-state index < -0.39 is 0 Å². The van der Waals surface area contributed by atoms with Crippen molar-refractivity contribution in [3.05, 3.63) is 47.1 Å². The van der Waals surface area contributed by atoms with Gasteiger partial charge in [0.1, 0.15) is 10.8 Å². The Bertz CT molecular complexity index is 586. The number of anilines is 2. The van der Waals surface area contributed by atoms with E-state index in [4.69, 9.17) is 11.6 Å². The predicted molar refractivity (Wildman–Crippen MR) is 72.7 cm³/mol. The van der Waals surface area contributed by atoms with Gasteiger partial charge in [-0.15, -0.1) is 0 Å². The molecule has 2 heterocycles. The van der Waals surface area contributed by atoms with Gasteiger partial charge in [0, 0.05) is 12.2 Å². The highest BCUT2D eigenvalue weighted by Gasteiger charge is 2.20. The third-order valence-corrected chi connectivity index (χ3v) is 3.43. The van der Waals surface area contributed by atoms with Crippen LogP contribution in [0, 0.1) is 0 Å². The van der Waals surface area contributed by atoms with Crippen LogP contribution in [0.4, 0.5) is 11.4 Å². The number of nitrogens with zero attached hydrogens (tertiary/aromatic N) is 2. The molecule has 0 saturated carbocycles. The van der Waals surface area contributed by atoms with Crippen LogP contribution in [0.25, 0.3) is 0 Å². The summed E-state index contributed by atoms with van der Waals surface area (Å²) >= 11 is 5.77. The summed E-state index contributed by atoms with van der Waals surface area (Å²) in [6.07, 6.45) is 2.15. The van der Waals surface area contributed by atoms with E-state index in [1.807, 2.05) is 18.2 Å². The van der Waals surface area contributed by atoms with Crippen molar-refractivity contribution in [2.24, 2.45) is 0 Å². The molecule has 0 amide bonds. The van der Waals surface area contributed by atoms with E-state index >= 15 is 0 Å². The summed E-state index contributed by atoms with van der Waals surface area (Å²) in [5.74, 6) is -0.0146. The Balaban J connectivity index is 2.08. The molecule has 4 heteroatoms. The second kappa shape index (κ2) is 4.50. The van der Waals surface area contributed by atoms with Crippen LogP contribution in [0.3, 0.4) is 0 Å². The van der Waals surface area contributed by atoms with Gasteiger partial charge >= 0.3 is 0 Å². The molecule has 0 saturated heterocycles. The van der Waals surface area contributed by atoms with Crippen LogP contribution < -0.4 is 4.90 Å². The third-order valence-electron chi connectivity index (χ3n) is 3.22. The average Bonchev–Trinajstić information content (AvgIpc) is 2.38. The first kappa shape index (κ1) is 11.4. The topological polar surface area (TPSA) is 36.4 Å². The lowest BCUT2D eigenvalue weighted by Gasteiger charge is -2.31. The van der Waals surface area contributed by atoms with Crippen molar-refractivity contribution in [1.29, 1.82) is 0 Å². The third kappa shape index (κ3) is 1.91. The van der Waals surface area contributed by atoms with E-state index in [0.717, 1.165) is 25.1 Å². The van der Waals surface area contributed by atoms with E-state index in [9.17, 15) is 5.11 Å². The molecular formula is C14H13ClN2O. The molecule has 3 rings (SSSR count). The number of hydrogen-bond donors (Lipinski definition) is 1. The fraction of sp³-hybridized carbons (Fsp3) is 0.214. The number of aryl methyl sites for hydroxylation is 1. The zero-order valence-corrected chi connectivity index (χ0v) is 10.6. The summed E-state index contributed by atoms with van der Waals surface area (Å²) in [6, 6.07) is 11.8. The first-order valence-electron chi connectivity index (χ1n) is 5.96. The molecule has 0 radical (unpaired) electrons. The first-order chi connectivity index (χ1) is 8.75. The number of para-hydroxylation sites is 1. The zero-order chi connectivity index (χ0) is 12.5. The van der Waals surface area contributed by atoms with Crippen molar-refractivity contribution in [2.75, 3.05) is 11.4 Å². The van der Waals surface area contributed by atoms with Crippen LogP contribution in [0.1, 0.15) is 12.0 Å². The summed E-state index contributed by atoms with van der Waals surface area (Å²) in [5, 5.41) is 10.2. The van der Waals surface area contributed by atoms with Crippen molar-refractivity contribution >= 4 is 23.0 Å². The van der Waals surface area contributed by atoms with E-state index in [1.54, 1.807) is 6.07 Å². The maximum atomic E-state index is 9.93. The molecule has 0 aliphatic carbocycles. The second-order valence-corrected chi connectivity index (χ2v) is 4.75. The van der Waals surface area contributed by atoms with Gasteiger partial charge in [0.25, 0.3) is 0 Å². The van der Waals surface area contributed by atoms with Gasteiger partial charge in [0.2, 0.25) is 5.88 Å². The maximum absolute atomic E-state index is 9.93. The largest absolute Gasteiger partial charge is 0.492 e. The van der Waals surface area contributed by atoms with E-state index in [-0.39, 0.29) is 5.88 Å². The monoisotopic (exact) mass is 260 g/mol. The molecule has 1 aromatic heterocycles. The van der Waals surface area contributed by atoms with Gasteiger partial charge < -0.3 is 10.0 Å². The van der Waals surface area contributed by atoms with E-state index in [0.29, 0.717) is 10.8 Å². The molecule has 1 N–H and O–H groups in total. The van der Waals surface area contributed by atoms with Crippen molar-refractivity contribution in [2.45, 2.75) is 12.8 Å². The molecule has 0 spiro atoms. The molecule has 0 unspecified atom stereocenters. The number of aromatic nitrogens is 1. The number of hydrogen-bond acceptors (Lipinski definition) is 3. The second-order valence-electron chi connectivity index (χ2n) is 4.36. The van der Waals surface area contributed by atoms with Crippen LogP contribution in [0.5, 0.6) is 5.88 Å². The average molecular weight is 261 g/mol. The van der Waals surface area contributed by atoms with Crippen LogP contribution in [0.2, 0.25) is 5.15 Å². The Morgan fingerprint density at radius 2 is 1.94 bits per heavy atom. The van der Waals surface area contributed by atoms with Crippen molar-refractivity contribution in [3.8, 4) is 5.88 Å². The van der Waals surface area contributed by atoms with Crippen LogP contribution in [0.15, 0.2) is 36.4 Å². The predicted octanol–water partition coefficient (Wildman–Crippen LogP) is 3.52. The summed E-state index contributed by atoms with van der Waals surface area (Å²) in [4.78, 5) is 6.00. The minimum absolute atomic E-state index is 0.0146. The minimum Gasteiger partial charge on any atom is -0.492 e. The Labute approximate surface area is 111 Å². The molecule has 1 aromatic carbocycles. The first-order valence-corrected chi connectivity index (χ1v) is 6.34. The molecule has 0 bridgehead atoms. The van der Waals surface area contributed by atoms with Gasteiger partial charge in [-0.1, -0.05) is 29.8 Å². The molecule has 1 aliphatic rings. The normalized spacial score (nSPS) is 14.4. The number of rotatable bonds is 1. The fourth-order valence-electron chi connectivity index (χ4n) is 2.41. The Hall–Kier alpha value is -1.74. The Morgan fingerprint density at radius 3 is 2.78 bits per heavy atom. The Morgan fingerprint density at radius 1 is 1.11 bits per heavy atom. The smallest absolute Gasteiger partial charge is 0.236 e. The lowest BCUT2D eigenvalue weighted by molar-refractivity contribution is 0.453. The van der Waals surface area contributed by atoms with Gasteiger partial charge in [-0.3, -0.25) is 0 Å². The molecular weight excluding hydrogens is 248 g/mol. The minimum atomic E-state index is -0.0146. The van der Waals surface area contributed by atoms with Crippen LogP contribution in [-0.4, -0.2) is 16.6 Å². The number of aromatic hydroxyl groups is 1. The Kier molecular flexibility index (Phi) is 2.84. The van der Waals surface area contributed by atoms with Crippen LogP contribution >= 0.6 is 11.6 Å². The SMILES string of the molecule is Oc1nc(Cl)ccc1N1CCCc2ccccc21. The lowest BCUT2D eigenvalue weighted by Crippen LogP contribution is -2.24. The molecule has 2 aromatic rings. The summed E-state index contributed by atoms with van der Waals surface area (Å²) < 4.78 is 0. The summed E-state index contributed by atoms with van der Waals surface area (Å²) in [6.45, 7) is 0.883. The highest BCUT2D eigenvalue weighted by Crippen LogP contribution is 2.37. The van der Waals surface area contributed by atoms with Gasteiger partial charge in [0.05, 0.1) is 0 Å². The van der Waals surface area contributed by atoms with Gasteiger partial charge in [-0.2, -0.15) is 4.98 Å². The van der Waals surface area contributed by atoms with Crippen molar-refractivity contribution < 1.29 is 5.11 Å². The zero-order valence-electron chi connectivity index (χ0n) is 9.81. The highest BCUT2D eigenvalue weighted by molar-refractivity contribution is 6.29. The van der Waals surface area contributed by atoms with Gasteiger partial charge in [0.15, 0.2) is 0 Å². The quantitative estimate of drug-likeness (QED) is 0.797. The number of benzene rings is 1. The lowest BCUT2D eigenvalue weighted by atomic mass is 10.0. The van der Waals surface area contributed by atoms with Crippen LogP contribution in [-0.2, 0) is 6.42 Å². The van der Waals surface area contributed by atoms with E-state index in [2.05, 4.69) is 22.0 Å². The molecule has 1 aliphatic heterocycles. The van der Waals surface area contributed by atoms with Crippen molar-refractivity contribution in [1.82, 2.24) is 4.98 Å². The molecule has 0 atom stereocenters. The number of halogens is 1. The number of pyridine rings is 1. The molecule has 3 nitrogen and oxygen atoms in total. The standard InChI is InChI=1S/C14H13ClN2O/c15-13-8-7-12(14(18)16-13)17-9-3-5-10-4-1-2-6-11(10)17/h1-2,4,6-8H,3,5,9H2,(H,16,18). The van der Waals surface area contributed by atoms with E-state index in [1.165, 1.54) is 5.56 Å². The number of fused-ring (bicyclic) bond motifs is 1. The maximum Gasteiger partial charge on any atom is 0.236 e. The molecule has 92 valence electrons. The summed E-state index contributed by atoms with van der Waals surface area (Å²) in [5.41, 5.74) is 3.16. The van der Waals surface area contributed by atoms with Gasteiger partial charge in [-0.25, -0.2) is 0 Å². The van der Waals surface area contributed by atoms with Gasteiger partial charge in [-0.05, 0) is 36.6 Å². The fourth-order valence-corrected chi connectivity index (χ4v) is 2.56. The molecule has 18 heavy (non-hydrogen) atoms. The molecule has 0 fully saturated rings. The summed E-state index contributed by atoms with van der Waals surface area (Å²) in [7, 11) is 0.